The lowest BCUT2D eigenvalue weighted by molar-refractivity contribution is 0.393. The number of nitrogens with one attached hydrogen (secondary N) is 1. The average molecular weight is 503 g/mol. The molecule has 0 unspecified atom stereocenters. The van der Waals surface area contributed by atoms with Crippen LogP contribution < -0.4 is 16.0 Å². The lowest BCUT2D eigenvalue weighted by Gasteiger charge is -2.16. The van der Waals surface area contributed by atoms with Crippen LogP contribution in [0.1, 0.15) is 30.1 Å². The summed E-state index contributed by atoms with van der Waals surface area (Å²) in [5.41, 5.74) is -1.47. The van der Waals surface area contributed by atoms with Gasteiger partial charge in [0.15, 0.2) is 5.89 Å². The maximum atomic E-state index is 13.4. The van der Waals surface area contributed by atoms with E-state index in [1.807, 2.05) is 0 Å². The van der Waals surface area contributed by atoms with Gasteiger partial charge < -0.3 is 4.42 Å². The molecule has 1 fully saturated rings. The zero-order valence-electron chi connectivity index (χ0n) is 19.1. The largest absolute Gasteiger partial charge is 0.444 e. The summed E-state index contributed by atoms with van der Waals surface area (Å²) in [7, 11) is -2.38. The van der Waals surface area contributed by atoms with Crippen LogP contribution in [0.15, 0.2) is 55.7 Å². The van der Waals surface area contributed by atoms with Gasteiger partial charge in [0.05, 0.1) is 46.8 Å². The highest BCUT2D eigenvalue weighted by molar-refractivity contribution is 7.89. The second-order valence-corrected chi connectivity index (χ2v) is 10.5. The third kappa shape index (κ3) is 4.32. The van der Waals surface area contributed by atoms with Crippen LogP contribution >= 0.6 is 0 Å². The van der Waals surface area contributed by atoms with Gasteiger partial charge in [-0.25, -0.2) is 27.3 Å². The van der Waals surface area contributed by atoms with E-state index in [2.05, 4.69) is 14.8 Å². The number of halogens is 1. The van der Waals surface area contributed by atoms with Crippen LogP contribution in [0, 0.1) is 6.92 Å². The molecule has 5 rings (SSSR count). The van der Waals surface area contributed by atoms with Gasteiger partial charge in [-0.2, -0.15) is 5.10 Å². The number of fused-ring (bicyclic) bond motifs is 1. The molecule has 3 heterocycles. The Hall–Kier alpha value is -3.58. The van der Waals surface area contributed by atoms with Gasteiger partial charge in [-0.15, -0.1) is 0 Å². The Morgan fingerprint density at radius 2 is 1.94 bits per heavy atom. The molecule has 0 atom stereocenters. The lowest BCUT2D eigenvalue weighted by atomic mass is 10.2. The predicted molar refractivity (Wildman–Crippen MR) is 123 cm³/mol. The Morgan fingerprint density at radius 3 is 2.54 bits per heavy atom. The molecule has 35 heavy (non-hydrogen) atoms. The Labute approximate surface area is 198 Å². The fraction of sp³-hybridized carbons (Fsp3) is 0.364. The van der Waals surface area contributed by atoms with E-state index in [1.54, 1.807) is 24.9 Å². The molecule has 1 aliphatic carbocycles. The van der Waals surface area contributed by atoms with E-state index in [-0.39, 0.29) is 28.9 Å². The minimum absolute atomic E-state index is 0.0151. The number of alkyl halides is 1. The Bertz CT molecular complexity index is 1660. The van der Waals surface area contributed by atoms with Crippen LogP contribution in [0.4, 0.5) is 4.39 Å². The topological polar surface area (TPSA) is 134 Å². The molecule has 184 valence electrons. The fourth-order valence-corrected chi connectivity index (χ4v) is 5.46. The van der Waals surface area contributed by atoms with Crippen molar-refractivity contribution in [2.45, 2.75) is 43.3 Å². The van der Waals surface area contributed by atoms with Crippen molar-refractivity contribution in [1.82, 2.24) is 28.6 Å². The van der Waals surface area contributed by atoms with E-state index in [4.69, 9.17) is 4.42 Å². The van der Waals surface area contributed by atoms with Crippen molar-refractivity contribution in [3.8, 4) is 0 Å². The molecular weight excluding hydrogens is 479 g/mol. The quantitative estimate of drug-likeness (QED) is 0.381. The Morgan fingerprint density at radius 1 is 1.17 bits per heavy atom. The normalized spacial score (nSPS) is 15.1. The summed E-state index contributed by atoms with van der Waals surface area (Å²) in [6, 6.07) is 3.92. The minimum Gasteiger partial charge on any atom is -0.444 e. The summed E-state index contributed by atoms with van der Waals surface area (Å²) in [6.45, 7) is 0.783. The third-order valence-electron chi connectivity index (χ3n) is 6.05. The zero-order valence-corrected chi connectivity index (χ0v) is 19.9. The van der Waals surface area contributed by atoms with Crippen LogP contribution in [-0.2, 0) is 30.2 Å². The van der Waals surface area contributed by atoms with Gasteiger partial charge in [0.25, 0.3) is 5.56 Å². The first kappa shape index (κ1) is 23.2. The van der Waals surface area contributed by atoms with Gasteiger partial charge in [0.1, 0.15) is 12.4 Å². The molecule has 0 aliphatic heterocycles. The minimum atomic E-state index is -4.09. The molecule has 0 radical (unpaired) electrons. The standard InChI is InChI=1S/C22H23FN6O5S/c1-14-24-9-16(34-14)12-28-19-4-3-17(35(32,33)26-22(13-23)5-6-22)7-18(19)20(30)29(21(28)31)11-15-8-25-27(2)10-15/h3-4,7-10,26H,5-6,11-13H2,1-2H3. The van der Waals surface area contributed by atoms with Crippen LogP contribution in [0.3, 0.4) is 0 Å². The number of sulfonamides is 1. The van der Waals surface area contributed by atoms with E-state index >= 15 is 0 Å². The highest BCUT2D eigenvalue weighted by Crippen LogP contribution is 2.37. The summed E-state index contributed by atoms with van der Waals surface area (Å²) in [5.74, 6) is 0.817. The van der Waals surface area contributed by atoms with E-state index in [1.165, 1.54) is 35.2 Å². The van der Waals surface area contributed by atoms with Crippen molar-refractivity contribution in [3.05, 3.63) is 74.8 Å². The van der Waals surface area contributed by atoms with Crippen molar-refractivity contribution in [2.75, 3.05) is 6.67 Å². The molecule has 1 aliphatic rings. The van der Waals surface area contributed by atoms with Crippen LogP contribution in [0.2, 0.25) is 0 Å². The van der Waals surface area contributed by atoms with E-state index < -0.39 is 33.5 Å². The van der Waals surface area contributed by atoms with Crippen molar-refractivity contribution < 1.29 is 17.2 Å². The molecule has 0 saturated heterocycles. The first-order valence-electron chi connectivity index (χ1n) is 10.9. The molecule has 1 saturated carbocycles. The number of rotatable bonds is 8. The maximum Gasteiger partial charge on any atom is 0.332 e. The number of hydrogen-bond donors (Lipinski definition) is 1. The summed E-state index contributed by atoms with van der Waals surface area (Å²) in [4.78, 5) is 30.7. The second-order valence-electron chi connectivity index (χ2n) is 8.83. The molecule has 1 aromatic carbocycles. The van der Waals surface area contributed by atoms with Crippen LogP contribution in [0.25, 0.3) is 10.9 Å². The van der Waals surface area contributed by atoms with Gasteiger partial charge in [0, 0.05) is 25.7 Å². The maximum absolute atomic E-state index is 13.4. The third-order valence-corrected chi connectivity index (χ3v) is 7.63. The Kier molecular flexibility index (Phi) is 5.48. The van der Waals surface area contributed by atoms with Crippen molar-refractivity contribution in [1.29, 1.82) is 0 Å². The highest BCUT2D eigenvalue weighted by atomic mass is 32.2. The van der Waals surface area contributed by atoms with E-state index in [0.717, 1.165) is 4.57 Å². The molecule has 11 nitrogen and oxygen atoms in total. The van der Waals surface area contributed by atoms with Gasteiger partial charge in [-0.05, 0) is 31.0 Å². The molecule has 13 heteroatoms. The number of aryl methyl sites for hydroxylation is 2. The number of benzene rings is 1. The number of aromatic nitrogens is 5. The highest BCUT2D eigenvalue weighted by Gasteiger charge is 2.46. The second kappa shape index (κ2) is 8.27. The van der Waals surface area contributed by atoms with Crippen LogP contribution in [0.5, 0.6) is 0 Å². The monoisotopic (exact) mass is 502 g/mol. The van der Waals surface area contributed by atoms with Crippen molar-refractivity contribution in [2.24, 2.45) is 7.05 Å². The fourth-order valence-electron chi connectivity index (χ4n) is 3.99. The smallest absolute Gasteiger partial charge is 0.332 e. The van der Waals surface area contributed by atoms with E-state index in [0.29, 0.717) is 30.1 Å². The summed E-state index contributed by atoms with van der Waals surface area (Å²) in [6.07, 6.45) is 5.52. The van der Waals surface area contributed by atoms with Gasteiger partial charge >= 0.3 is 5.69 Å². The van der Waals surface area contributed by atoms with Crippen LogP contribution in [-0.4, -0.2) is 44.5 Å². The van der Waals surface area contributed by atoms with Gasteiger partial charge in [-0.3, -0.25) is 18.6 Å². The number of hydrogen-bond acceptors (Lipinski definition) is 7. The Balaban J connectivity index is 1.68. The SMILES string of the molecule is Cc1ncc(Cn2c(=O)n(Cc3cnn(C)c3)c(=O)c3cc(S(=O)(=O)NC4(CF)CC4)ccc32)o1. The number of nitrogens with zero attached hydrogens (tertiary/aromatic N) is 5. The molecule has 0 amide bonds. The first-order chi connectivity index (χ1) is 16.6. The summed E-state index contributed by atoms with van der Waals surface area (Å²) in [5, 5.41) is 4.10. The van der Waals surface area contributed by atoms with Gasteiger partial charge in [0.2, 0.25) is 10.0 Å². The molecule has 3 aromatic heterocycles. The van der Waals surface area contributed by atoms with Crippen molar-refractivity contribution >= 4 is 20.9 Å². The molecule has 0 bridgehead atoms. The summed E-state index contributed by atoms with van der Waals surface area (Å²) < 4.78 is 51.0. The zero-order chi connectivity index (χ0) is 25.0. The molecule has 4 aromatic rings. The van der Waals surface area contributed by atoms with Gasteiger partial charge in [-0.1, -0.05) is 0 Å². The summed E-state index contributed by atoms with van der Waals surface area (Å²) >= 11 is 0. The molecular formula is C22H23FN6O5S. The predicted octanol–water partition coefficient (Wildman–Crippen LogP) is 1.07. The van der Waals surface area contributed by atoms with Crippen molar-refractivity contribution in [3.63, 3.8) is 0 Å². The van der Waals surface area contributed by atoms with E-state index in [9.17, 15) is 22.4 Å². The molecule has 1 N–H and O–H groups in total. The average Bonchev–Trinajstić information content (AvgIpc) is 3.26. The number of oxazole rings is 1. The first-order valence-corrected chi connectivity index (χ1v) is 12.4. The lowest BCUT2D eigenvalue weighted by Crippen LogP contribution is -2.41. The molecule has 0 spiro atoms.